The second-order valence-electron chi connectivity index (χ2n) is 10.2. The first-order valence-corrected chi connectivity index (χ1v) is 13.6. The molecule has 2 fully saturated rings. The van der Waals surface area contributed by atoms with Gasteiger partial charge in [-0.15, -0.1) is 0 Å². The average molecular weight is 591 g/mol. The largest absolute Gasteiger partial charge is 0.495 e. The van der Waals surface area contributed by atoms with E-state index in [1.807, 2.05) is 11.0 Å². The molecule has 1 aromatic carbocycles. The lowest BCUT2D eigenvalue weighted by atomic mass is 10.1. The Balaban J connectivity index is 1.60. The van der Waals surface area contributed by atoms with Gasteiger partial charge in [0.25, 0.3) is 0 Å². The van der Waals surface area contributed by atoms with Crippen LogP contribution < -0.4 is 25.0 Å². The summed E-state index contributed by atoms with van der Waals surface area (Å²) in [6.07, 6.45) is 2.82. The minimum absolute atomic E-state index is 0.173. The molecule has 2 aliphatic rings. The summed E-state index contributed by atoms with van der Waals surface area (Å²) in [6.45, 7) is 7.18. The molecule has 11 nitrogen and oxygen atoms in total. The van der Waals surface area contributed by atoms with Gasteiger partial charge in [0.05, 0.1) is 60.9 Å². The number of methoxy groups -OCH3 is 2. The number of nitrogens with one attached hydrogen (secondary N) is 2. The first-order valence-electron chi connectivity index (χ1n) is 12.8. The van der Waals surface area contributed by atoms with Gasteiger partial charge in [-0.25, -0.2) is 15.0 Å². The van der Waals surface area contributed by atoms with Gasteiger partial charge in [0, 0.05) is 36.3 Å². The third-order valence-electron chi connectivity index (χ3n) is 7.13. The van der Waals surface area contributed by atoms with E-state index in [2.05, 4.69) is 22.2 Å². The van der Waals surface area contributed by atoms with Crippen LogP contribution >= 0.6 is 23.2 Å². The summed E-state index contributed by atoms with van der Waals surface area (Å²) in [5.74, 6) is 1.72. The quantitative estimate of drug-likeness (QED) is 0.216. The number of anilines is 2. The standard InChI is InChI=1S/C27H32Cl2N6O5/c1-5-20(36)31-16-11-40-12-17(16)33-26-30-10-14-8-15(21-22(28)18(38-3)9-19(39-4)23(21)29)32-25(24(14)34-26)35-7-6-27(2,37)13-35/h5,8-10,16-17,20,31,36-37H,1,6-7,11-13H2,2-4H3,(H,30,33,34)/t16-,17+,20?,27+/m0/s1. The fourth-order valence-corrected chi connectivity index (χ4v) is 5.69. The van der Waals surface area contributed by atoms with Crippen molar-refractivity contribution in [2.45, 2.75) is 37.3 Å². The van der Waals surface area contributed by atoms with E-state index in [0.29, 0.717) is 88.2 Å². The second-order valence-corrected chi connectivity index (χ2v) is 10.9. The monoisotopic (exact) mass is 590 g/mol. The van der Waals surface area contributed by atoms with E-state index in [4.69, 9.17) is 47.4 Å². The molecule has 214 valence electrons. The van der Waals surface area contributed by atoms with Crippen LogP contribution in [0.4, 0.5) is 11.8 Å². The normalized spacial score (nSPS) is 23.4. The number of aliphatic hydroxyl groups excluding tert-OH is 1. The van der Waals surface area contributed by atoms with Gasteiger partial charge in [0.2, 0.25) is 5.95 Å². The molecule has 0 radical (unpaired) electrons. The summed E-state index contributed by atoms with van der Waals surface area (Å²) in [5.41, 5.74) is 0.653. The first kappa shape index (κ1) is 28.6. The van der Waals surface area contributed by atoms with Gasteiger partial charge in [-0.3, -0.25) is 5.32 Å². The molecule has 2 aliphatic heterocycles. The molecule has 1 unspecified atom stereocenters. The van der Waals surface area contributed by atoms with E-state index in [0.717, 1.165) is 0 Å². The van der Waals surface area contributed by atoms with Crippen molar-refractivity contribution < 1.29 is 24.4 Å². The van der Waals surface area contributed by atoms with Gasteiger partial charge in [0.15, 0.2) is 5.82 Å². The van der Waals surface area contributed by atoms with Crippen molar-refractivity contribution in [2.24, 2.45) is 0 Å². The molecule has 3 aromatic rings. The van der Waals surface area contributed by atoms with Crippen molar-refractivity contribution in [1.82, 2.24) is 20.3 Å². The summed E-state index contributed by atoms with van der Waals surface area (Å²) in [5, 5.41) is 28.3. The Morgan fingerprint density at radius 2 is 1.88 bits per heavy atom. The summed E-state index contributed by atoms with van der Waals surface area (Å²) in [6, 6.07) is 3.08. The number of pyridine rings is 1. The molecule has 2 aromatic heterocycles. The summed E-state index contributed by atoms with van der Waals surface area (Å²) in [7, 11) is 3.03. The van der Waals surface area contributed by atoms with Crippen LogP contribution in [0.1, 0.15) is 13.3 Å². The van der Waals surface area contributed by atoms with E-state index < -0.39 is 11.8 Å². The number of ether oxygens (including phenoxy) is 3. The van der Waals surface area contributed by atoms with E-state index >= 15 is 0 Å². The second kappa shape index (κ2) is 11.5. The molecule has 13 heteroatoms. The van der Waals surface area contributed by atoms with Gasteiger partial charge in [0.1, 0.15) is 23.2 Å². The lowest BCUT2D eigenvalue weighted by molar-refractivity contribution is 0.0839. The maximum absolute atomic E-state index is 10.7. The zero-order valence-corrected chi connectivity index (χ0v) is 24.0. The van der Waals surface area contributed by atoms with Crippen LogP contribution in [0.25, 0.3) is 22.2 Å². The van der Waals surface area contributed by atoms with Gasteiger partial charge < -0.3 is 34.6 Å². The molecule has 4 N–H and O–H groups in total. The zero-order chi connectivity index (χ0) is 28.6. The minimum Gasteiger partial charge on any atom is -0.495 e. The summed E-state index contributed by atoms with van der Waals surface area (Å²) < 4.78 is 16.5. The number of aromatic nitrogens is 3. The fraction of sp³-hybridized carbons (Fsp3) is 0.444. The Kier molecular flexibility index (Phi) is 8.23. The number of aliphatic hydroxyl groups is 2. The predicted octanol–water partition coefficient (Wildman–Crippen LogP) is 3.25. The number of β-amino-alcohol motifs (C(OH)–C–C–N with tert-alkyl or cyclic N) is 1. The maximum atomic E-state index is 10.7. The Bertz CT molecular complexity index is 1400. The molecule has 0 aliphatic carbocycles. The van der Waals surface area contributed by atoms with Crippen LogP contribution in [0.5, 0.6) is 11.5 Å². The molecule has 2 saturated heterocycles. The fourth-order valence-electron chi connectivity index (χ4n) is 4.99. The van der Waals surface area contributed by atoms with Crippen molar-refractivity contribution in [1.29, 1.82) is 0 Å². The van der Waals surface area contributed by atoms with Crippen molar-refractivity contribution >= 4 is 45.9 Å². The molecular formula is C27H32Cl2N6O5. The van der Waals surface area contributed by atoms with Gasteiger partial charge in [-0.1, -0.05) is 29.8 Å². The first-order chi connectivity index (χ1) is 19.1. The predicted molar refractivity (Wildman–Crippen MR) is 155 cm³/mol. The van der Waals surface area contributed by atoms with Crippen LogP contribution in [-0.4, -0.2) is 89.6 Å². The third-order valence-corrected chi connectivity index (χ3v) is 7.88. The Morgan fingerprint density at radius 1 is 1.18 bits per heavy atom. The lowest BCUT2D eigenvalue weighted by Crippen LogP contribution is -2.47. The highest BCUT2D eigenvalue weighted by atomic mass is 35.5. The number of rotatable bonds is 9. The number of hydrogen-bond donors (Lipinski definition) is 4. The topological polar surface area (TPSA) is 134 Å². The number of benzene rings is 1. The third kappa shape index (κ3) is 5.63. The number of halogens is 2. The van der Waals surface area contributed by atoms with E-state index in [-0.39, 0.29) is 12.1 Å². The average Bonchev–Trinajstić information content (AvgIpc) is 3.53. The molecule has 0 amide bonds. The molecule has 4 heterocycles. The Morgan fingerprint density at radius 3 is 2.50 bits per heavy atom. The van der Waals surface area contributed by atoms with Crippen molar-refractivity contribution in [2.75, 3.05) is 50.7 Å². The minimum atomic E-state index is -0.876. The van der Waals surface area contributed by atoms with Crippen molar-refractivity contribution in [3.05, 3.63) is 41.0 Å². The molecule has 40 heavy (non-hydrogen) atoms. The highest BCUT2D eigenvalue weighted by molar-refractivity contribution is 6.41. The smallest absolute Gasteiger partial charge is 0.223 e. The van der Waals surface area contributed by atoms with Crippen molar-refractivity contribution in [3.8, 4) is 22.8 Å². The molecule has 5 rings (SSSR count). The van der Waals surface area contributed by atoms with Crippen molar-refractivity contribution in [3.63, 3.8) is 0 Å². The summed E-state index contributed by atoms with van der Waals surface area (Å²) in [4.78, 5) is 16.3. The van der Waals surface area contributed by atoms with Gasteiger partial charge in [-0.2, -0.15) is 0 Å². The van der Waals surface area contributed by atoms with Crippen LogP contribution in [0.2, 0.25) is 10.0 Å². The number of fused-ring (bicyclic) bond motifs is 1. The van der Waals surface area contributed by atoms with Gasteiger partial charge in [-0.05, 0) is 25.5 Å². The molecular weight excluding hydrogens is 559 g/mol. The molecule has 0 spiro atoms. The van der Waals surface area contributed by atoms with Gasteiger partial charge >= 0.3 is 0 Å². The SMILES string of the molecule is C=CC(O)N[C@H]1COC[C@H]1Nc1ncc2cc(-c3c(Cl)c(OC)cc(OC)c3Cl)nc(N3CC[C@@](C)(O)C3)c2n1. The Labute approximate surface area is 242 Å². The van der Waals surface area contributed by atoms with Crippen LogP contribution in [0.15, 0.2) is 31.0 Å². The van der Waals surface area contributed by atoms with E-state index in [9.17, 15) is 10.2 Å². The molecule has 0 saturated carbocycles. The van der Waals surface area contributed by atoms with Crippen LogP contribution in [-0.2, 0) is 4.74 Å². The highest BCUT2D eigenvalue weighted by Gasteiger charge is 2.34. The van der Waals surface area contributed by atoms with E-state index in [1.54, 1.807) is 19.2 Å². The van der Waals surface area contributed by atoms with Crippen LogP contribution in [0.3, 0.4) is 0 Å². The highest BCUT2D eigenvalue weighted by Crippen LogP contribution is 2.46. The Hall–Kier alpha value is -2.93. The lowest BCUT2D eigenvalue weighted by Gasteiger charge is -2.24. The summed E-state index contributed by atoms with van der Waals surface area (Å²) >= 11 is 13.5. The zero-order valence-electron chi connectivity index (χ0n) is 22.4. The van der Waals surface area contributed by atoms with E-state index in [1.165, 1.54) is 20.3 Å². The molecule has 4 atom stereocenters. The number of hydrogen-bond acceptors (Lipinski definition) is 11. The molecule has 0 bridgehead atoms. The number of nitrogens with zero attached hydrogens (tertiary/aromatic N) is 4. The van der Waals surface area contributed by atoms with Crippen LogP contribution in [0, 0.1) is 0 Å². The maximum Gasteiger partial charge on any atom is 0.223 e.